The maximum atomic E-state index is 12.9. The van der Waals surface area contributed by atoms with Crippen molar-refractivity contribution in [2.75, 3.05) is 19.7 Å². The molecule has 3 rings (SSSR count). The van der Waals surface area contributed by atoms with E-state index >= 15 is 0 Å². The maximum absolute atomic E-state index is 12.9. The van der Waals surface area contributed by atoms with E-state index in [9.17, 15) is 14.4 Å². The largest absolute Gasteiger partial charge is 0.484 e. The summed E-state index contributed by atoms with van der Waals surface area (Å²) in [4.78, 5) is 39.3. The van der Waals surface area contributed by atoms with Crippen molar-refractivity contribution in [3.05, 3.63) is 64.2 Å². The van der Waals surface area contributed by atoms with Crippen LogP contribution in [-0.2, 0) is 9.59 Å². The summed E-state index contributed by atoms with van der Waals surface area (Å²) in [6, 6.07) is 11.4. The number of rotatable bonds is 5. The molecule has 0 spiro atoms. The number of benzene rings is 2. The fourth-order valence-electron chi connectivity index (χ4n) is 3.88. The van der Waals surface area contributed by atoms with Crippen molar-refractivity contribution in [1.82, 2.24) is 15.8 Å². The summed E-state index contributed by atoms with van der Waals surface area (Å²) >= 11 is 0. The number of hydrogen-bond donors (Lipinski definition) is 2. The highest BCUT2D eigenvalue weighted by Crippen LogP contribution is 2.20. The van der Waals surface area contributed by atoms with Gasteiger partial charge < -0.3 is 9.64 Å². The van der Waals surface area contributed by atoms with E-state index in [0.717, 1.165) is 28.7 Å². The third kappa shape index (κ3) is 6.09. The Labute approximate surface area is 189 Å². The molecule has 7 heteroatoms. The smallest absolute Gasteiger partial charge is 0.276 e. The van der Waals surface area contributed by atoms with Crippen LogP contribution in [0.15, 0.2) is 36.4 Å². The minimum atomic E-state index is -0.449. The molecule has 1 saturated heterocycles. The van der Waals surface area contributed by atoms with Gasteiger partial charge in [-0.1, -0.05) is 23.3 Å². The van der Waals surface area contributed by atoms with Gasteiger partial charge in [-0.3, -0.25) is 25.2 Å². The normalized spacial score (nSPS) is 15.8. The number of nitrogens with one attached hydrogen (secondary N) is 2. The summed E-state index contributed by atoms with van der Waals surface area (Å²) in [6.45, 7) is 8.64. The Hall–Kier alpha value is -3.35. The van der Waals surface area contributed by atoms with Crippen molar-refractivity contribution in [2.45, 2.75) is 40.5 Å². The highest BCUT2D eigenvalue weighted by molar-refractivity contribution is 5.95. The third-order valence-corrected chi connectivity index (χ3v) is 5.72. The number of carbonyl (C=O) groups excluding carboxylic acids is 3. The van der Waals surface area contributed by atoms with Gasteiger partial charge in [-0.15, -0.1) is 0 Å². The van der Waals surface area contributed by atoms with E-state index < -0.39 is 5.91 Å². The molecule has 0 radical (unpaired) electrons. The number of hydrazine groups is 1. The molecule has 1 unspecified atom stereocenters. The molecular weight excluding hydrogens is 406 g/mol. The van der Waals surface area contributed by atoms with Gasteiger partial charge in [0, 0.05) is 18.7 Å². The summed E-state index contributed by atoms with van der Waals surface area (Å²) < 4.78 is 5.48. The number of amides is 3. The zero-order chi connectivity index (χ0) is 23.3. The summed E-state index contributed by atoms with van der Waals surface area (Å²) in [5.41, 5.74) is 9.80. The molecule has 170 valence electrons. The van der Waals surface area contributed by atoms with E-state index in [1.807, 2.05) is 58.0 Å². The van der Waals surface area contributed by atoms with Crippen LogP contribution in [0.1, 0.15) is 45.5 Å². The molecule has 0 bridgehead atoms. The van der Waals surface area contributed by atoms with Gasteiger partial charge in [-0.2, -0.15) is 0 Å². The van der Waals surface area contributed by atoms with Crippen molar-refractivity contribution in [3.8, 4) is 5.75 Å². The van der Waals surface area contributed by atoms with Gasteiger partial charge in [0.05, 0.1) is 5.92 Å². The predicted octanol–water partition coefficient (Wildman–Crippen LogP) is 3.00. The Morgan fingerprint density at radius 3 is 2.38 bits per heavy atom. The van der Waals surface area contributed by atoms with Crippen LogP contribution in [0.3, 0.4) is 0 Å². The Bertz CT molecular complexity index is 998. The molecule has 1 aliphatic rings. The molecule has 2 aromatic carbocycles. The first kappa shape index (κ1) is 23.3. The van der Waals surface area contributed by atoms with E-state index in [4.69, 9.17) is 4.74 Å². The van der Waals surface area contributed by atoms with Crippen molar-refractivity contribution in [1.29, 1.82) is 0 Å². The van der Waals surface area contributed by atoms with Crippen LogP contribution >= 0.6 is 0 Å². The van der Waals surface area contributed by atoms with E-state index in [2.05, 4.69) is 10.9 Å². The lowest BCUT2D eigenvalue weighted by Gasteiger charge is -2.32. The van der Waals surface area contributed by atoms with Crippen molar-refractivity contribution in [2.24, 2.45) is 5.92 Å². The molecule has 0 aliphatic carbocycles. The number of ether oxygens (including phenoxy) is 1. The first-order valence-corrected chi connectivity index (χ1v) is 10.9. The van der Waals surface area contributed by atoms with Crippen LogP contribution < -0.4 is 15.6 Å². The van der Waals surface area contributed by atoms with Crippen LogP contribution in [0, 0.1) is 33.6 Å². The lowest BCUT2D eigenvalue weighted by Crippen LogP contribution is -2.50. The summed E-state index contributed by atoms with van der Waals surface area (Å²) in [5.74, 6) is -0.597. The standard InChI is InChI=1S/C25H31N3O4/c1-16-10-17(2)12-21(11-16)25(31)28-9-5-6-20(14-28)24(30)27-26-23(29)15-32-22-8-7-18(3)19(4)13-22/h7-8,10-13,20H,5-6,9,14-15H2,1-4H3,(H,26,29)(H,27,30). The fourth-order valence-corrected chi connectivity index (χ4v) is 3.88. The van der Waals surface area contributed by atoms with E-state index in [1.165, 1.54) is 0 Å². The summed E-state index contributed by atoms with van der Waals surface area (Å²) in [5, 5.41) is 0. The molecule has 2 aromatic rings. The van der Waals surface area contributed by atoms with Gasteiger partial charge in [0.2, 0.25) is 5.91 Å². The lowest BCUT2D eigenvalue weighted by atomic mass is 9.96. The van der Waals surface area contributed by atoms with Crippen LogP contribution in [0.2, 0.25) is 0 Å². The second-order valence-corrected chi connectivity index (χ2v) is 8.54. The number of piperidine rings is 1. The van der Waals surface area contributed by atoms with Crippen LogP contribution in [0.25, 0.3) is 0 Å². The van der Waals surface area contributed by atoms with Gasteiger partial charge in [0.15, 0.2) is 6.61 Å². The van der Waals surface area contributed by atoms with E-state index in [0.29, 0.717) is 30.8 Å². The highest BCUT2D eigenvalue weighted by atomic mass is 16.5. The van der Waals surface area contributed by atoms with E-state index in [-0.39, 0.29) is 24.3 Å². The molecule has 2 N–H and O–H groups in total. The minimum Gasteiger partial charge on any atom is -0.484 e. The first-order valence-electron chi connectivity index (χ1n) is 10.9. The Morgan fingerprint density at radius 2 is 1.69 bits per heavy atom. The molecule has 0 saturated carbocycles. The maximum Gasteiger partial charge on any atom is 0.276 e. The molecule has 1 aliphatic heterocycles. The van der Waals surface area contributed by atoms with Gasteiger partial charge in [-0.05, 0) is 75.9 Å². The second kappa shape index (κ2) is 10.3. The van der Waals surface area contributed by atoms with Crippen molar-refractivity contribution < 1.29 is 19.1 Å². The Balaban J connectivity index is 1.48. The molecule has 0 aromatic heterocycles. The molecule has 32 heavy (non-hydrogen) atoms. The molecule has 3 amide bonds. The molecule has 1 heterocycles. The van der Waals surface area contributed by atoms with Gasteiger partial charge in [0.1, 0.15) is 5.75 Å². The Morgan fingerprint density at radius 1 is 0.969 bits per heavy atom. The second-order valence-electron chi connectivity index (χ2n) is 8.54. The van der Waals surface area contributed by atoms with Crippen molar-refractivity contribution in [3.63, 3.8) is 0 Å². The topological polar surface area (TPSA) is 87.7 Å². The highest BCUT2D eigenvalue weighted by Gasteiger charge is 2.29. The van der Waals surface area contributed by atoms with Gasteiger partial charge >= 0.3 is 0 Å². The van der Waals surface area contributed by atoms with Crippen LogP contribution in [-0.4, -0.2) is 42.3 Å². The zero-order valence-corrected chi connectivity index (χ0v) is 19.2. The van der Waals surface area contributed by atoms with Crippen molar-refractivity contribution >= 4 is 17.7 Å². The van der Waals surface area contributed by atoms with Gasteiger partial charge in [-0.25, -0.2) is 0 Å². The number of hydrogen-bond acceptors (Lipinski definition) is 4. The number of aryl methyl sites for hydroxylation is 4. The molecule has 1 atom stereocenters. The third-order valence-electron chi connectivity index (χ3n) is 5.72. The molecular formula is C25H31N3O4. The monoisotopic (exact) mass is 437 g/mol. The first-order chi connectivity index (χ1) is 15.2. The van der Waals surface area contributed by atoms with E-state index in [1.54, 1.807) is 11.0 Å². The lowest BCUT2D eigenvalue weighted by molar-refractivity contribution is -0.132. The summed E-state index contributed by atoms with van der Waals surface area (Å²) in [7, 11) is 0. The molecule has 1 fully saturated rings. The zero-order valence-electron chi connectivity index (χ0n) is 19.2. The quantitative estimate of drug-likeness (QED) is 0.704. The number of carbonyl (C=O) groups is 3. The van der Waals surface area contributed by atoms with Crippen LogP contribution in [0.4, 0.5) is 0 Å². The number of nitrogens with zero attached hydrogens (tertiary/aromatic N) is 1. The average molecular weight is 438 g/mol. The van der Waals surface area contributed by atoms with Gasteiger partial charge in [0.25, 0.3) is 11.8 Å². The SMILES string of the molecule is Cc1cc(C)cc(C(=O)N2CCCC(C(=O)NNC(=O)COc3ccc(C)c(C)c3)C2)c1. The summed E-state index contributed by atoms with van der Waals surface area (Å²) in [6.07, 6.45) is 1.40. The fraction of sp³-hybridized carbons (Fsp3) is 0.400. The minimum absolute atomic E-state index is 0.0693. The number of likely N-dealkylation sites (tertiary alicyclic amines) is 1. The Kier molecular flexibility index (Phi) is 7.51. The van der Waals surface area contributed by atoms with Crippen LogP contribution in [0.5, 0.6) is 5.75 Å². The predicted molar refractivity (Wildman–Crippen MR) is 122 cm³/mol. The average Bonchev–Trinajstić information content (AvgIpc) is 2.77. The molecule has 7 nitrogen and oxygen atoms in total.